The number of aromatic nitrogens is 4. The topological polar surface area (TPSA) is 117 Å². The van der Waals surface area contributed by atoms with Gasteiger partial charge in [0.05, 0.1) is 23.7 Å². The van der Waals surface area contributed by atoms with E-state index in [1.54, 1.807) is 41.9 Å². The van der Waals surface area contributed by atoms with Gasteiger partial charge < -0.3 is 9.88 Å². The molecular weight excluding hydrogens is 559 g/mol. The van der Waals surface area contributed by atoms with Gasteiger partial charge in [0.15, 0.2) is 5.82 Å². The fourth-order valence-corrected chi connectivity index (χ4v) is 4.72. The van der Waals surface area contributed by atoms with Crippen molar-refractivity contribution in [3.05, 3.63) is 76.6 Å². The first-order valence-electron chi connectivity index (χ1n) is 13.7. The number of fused-ring (bicyclic) bond motifs is 1. The average Bonchev–Trinajstić information content (AvgIpc) is 3.58. The number of carbonyl (C=O) groups is 2. The van der Waals surface area contributed by atoms with Crippen molar-refractivity contribution < 1.29 is 22.8 Å². The Labute approximate surface area is 247 Å². The second-order valence-electron chi connectivity index (χ2n) is 10.1. The molecule has 43 heavy (non-hydrogen) atoms. The number of nitrogens with one attached hydrogen (secondary N) is 1. The molecule has 0 spiro atoms. The second-order valence-corrected chi connectivity index (χ2v) is 10.1. The summed E-state index contributed by atoms with van der Waals surface area (Å²) in [6, 6.07) is 12.5. The molecule has 0 unspecified atom stereocenters. The fraction of sp³-hybridized carbons (Fsp3) is 0.290. The monoisotopic (exact) mass is 589 g/mol. The van der Waals surface area contributed by atoms with E-state index < -0.39 is 17.6 Å². The van der Waals surface area contributed by atoms with Crippen LogP contribution in [0, 0.1) is 17.2 Å². The van der Waals surface area contributed by atoms with Crippen LogP contribution in [-0.2, 0) is 19.8 Å². The van der Waals surface area contributed by atoms with Crippen molar-refractivity contribution in [2.75, 3.05) is 16.8 Å². The molecule has 1 amide bonds. The Bertz CT molecular complexity index is 1720. The summed E-state index contributed by atoms with van der Waals surface area (Å²) >= 11 is 0. The van der Waals surface area contributed by atoms with Crippen LogP contribution in [0.4, 0.5) is 24.8 Å². The summed E-state index contributed by atoms with van der Waals surface area (Å²) in [5.74, 6) is 0.579. The number of halogens is 3. The molecular formula is C31H30F3N7O2. The normalized spacial score (nSPS) is 12.5. The van der Waals surface area contributed by atoms with E-state index in [0.717, 1.165) is 11.0 Å². The lowest BCUT2D eigenvalue weighted by atomic mass is 9.97. The summed E-state index contributed by atoms with van der Waals surface area (Å²) in [6.45, 7) is 8.17. The van der Waals surface area contributed by atoms with Crippen molar-refractivity contribution in [3.63, 3.8) is 0 Å². The number of benzene rings is 2. The molecule has 0 radical (unpaired) electrons. The lowest BCUT2D eigenvalue weighted by Crippen LogP contribution is -2.24. The number of alkyl halides is 3. The number of carbonyl (C=O) groups excluding carboxylic acids is 2. The van der Waals surface area contributed by atoms with Crippen molar-refractivity contribution >= 4 is 23.8 Å². The molecule has 0 saturated carbocycles. The number of amides is 1. The van der Waals surface area contributed by atoms with Crippen molar-refractivity contribution in [3.8, 4) is 28.6 Å². The van der Waals surface area contributed by atoms with Gasteiger partial charge in [-0.2, -0.15) is 18.4 Å². The van der Waals surface area contributed by atoms with Gasteiger partial charge in [0, 0.05) is 30.3 Å². The lowest BCUT2D eigenvalue weighted by Gasteiger charge is -2.19. The molecule has 9 nitrogen and oxygen atoms in total. The predicted molar refractivity (Wildman–Crippen MR) is 156 cm³/mol. The third-order valence-corrected chi connectivity index (χ3v) is 6.70. The molecule has 4 aromatic rings. The smallest absolute Gasteiger partial charge is 0.370 e. The van der Waals surface area contributed by atoms with Crippen LogP contribution < -0.4 is 10.2 Å². The molecule has 5 rings (SSSR count). The van der Waals surface area contributed by atoms with Crippen molar-refractivity contribution in [1.29, 1.82) is 5.26 Å². The minimum atomic E-state index is -4.76. The maximum absolute atomic E-state index is 13.9. The van der Waals surface area contributed by atoms with E-state index in [0.29, 0.717) is 40.4 Å². The molecule has 1 N–H and O–H groups in total. The van der Waals surface area contributed by atoms with Crippen LogP contribution >= 0.6 is 0 Å². The summed E-state index contributed by atoms with van der Waals surface area (Å²) in [5.41, 5.74) is 0.496. The van der Waals surface area contributed by atoms with Gasteiger partial charge in [-0.15, -0.1) is 10.2 Å². The first kappa shape index (κ1) is 30.9. The Morgan fingerprint density at radius 3 is 2.44 bits per heavy atom. The Kier molecular flexibility index (Phi) is 8.94. The van der Waals surface area contributed by atoms with E-state index in [1.807, 2.05) is 27.7 Å². The minimum Gasteiger partial charge on any atom is -0.370 e. The number of nitriles is 1. The van der Waals surface area contributed by atoms with Crippen molar-refractivity contribution in [2.24, 2.45) is 13.0 Å². The van der Waals surface area contributed by atoms with Crippen LogP contribution in [0.2, 0.25) is 0 Å². The van der Waals surface area contributed by atoms with E-state index >= 15 is 0 Å². The van der Waals surface area contributed by atoms with Crippen LogP contribution in [0.25, 0.3) is 22.5 Å². The highest BCUT2D eigenvalue weighted by Crippen LogP contribution is 2.41. The molecule has 0 fully saturated rings. The van der Waals surface area contributed by atoms with Gasteiger partial charge in [-0.3, -0.25) is 14.5 Å². The van der Waals surface area contributed by atoms with Crippen LogP contribution in [0.3, 0.4) is 0 Å². The van der Waals surface area contributed by atoms with E-state index in [1.165, 1.54) is 12.4 Å². The molecule has 0 bridgehead atoms. The Hall–Kier alpha value is -5.05. The molecule has 2 aromatic heterocycles. The predicted octanol–water partition coefficient (Wildman–Crippen LogP) is 6.50. The van der Waals surface area contributed by atoms with Crippen molar-refractivity contribution in [2.45, 2.75) is 40.4 Å². The number of nitrogens with zero attached hydrogens (tertiary/aromatic N) is 6. The summed E-state index contributed by atoms with van der Waals surface area (Å²) in [7, 11) is 1.77. The van der Waals surface area contributed by atoms with Crippen molar-refractivity contribution in [1.82, 2.24) is 19.7 Å². The SMILES string of the molecule is CC.CC(C)CNc1cc(-c2cc(C#N)ccc2-c2nncn2C)cc(N2Cc3c(cc(C=O)cc3C(F)(F)F)C2=O)n1. The standard InChI is InChI=1S/C29H24F3N7O2.C2H6/c1-16(2)12-34-25-9-19(21-6-17(11-33)4-5-20(21)27-37-35-15-38(27)3)10-26(36-25)39-13-23-22(28(39)41)7-18(14-40)8-24(23)29(30,31)32;1-2/h4-10,14-16H,12-13H2,1-3H3,(H,34,36);1-2H3. The van der Waals surface area contributed by atoms with Gasteiger partial charge in [-0.1, -0.05) is 27.7 Å². The third-order valence-electron chi connectivity index (χ3n) is 6.70. The zero-order valence-corrected chi connectivity index (χ0v) is 24.3. The second kappa shape index (κ2) is 12.4. The molecule has 0 aliphatic carbocycles. The molecule has 2 aromatic carbocycles. The van der Waals surface area contributed by atoms with Gasteiger partial charge in [-0.05, 0) is 65.1 Å². The molecule has 12 heteroatoms. The number of hydrogen-bond donors (Lipinski definition) is 1. The summed E-state index contributed by atoms with van der Waals surface area (Å²) in [4.78, 5) is 30.6. The zero-order chi connectivity index (χ0) is 31.5. The summed E-state index contributed by atoms with van der Waals surface area (Å²) in [5, 5.41) is 21.0. The quantitative estimate of drug-likeness (QED) is 0.245. The number of pyridine rings is 1. The first-order valence-corrected chi connectivity index (χ1v) is 13.7. The molecule has 222 valence electrons. The largest absolute Gasteiger partial charge is 0.416 e. The number of anilines is 2. The van der Waals surface area contributed by atoms with Gasteiger partial charge in [0.25, 0.3) is 5.91 Å². The maximum Gasteiger partial charge on any atom is 0.416 e. The van der Waals surface area contributed by atoms with E-state index in [-0.39, 0.29) is 41.3 Å². The van der Waals surface area contributed by atoms with Crippen LogP contribution in [-0.4, -0.2) is 38.5 Å². The molecule has 0 atom stereocenters. The third kappa shape index (κ3) is 6.25. The molecule has 3 heterocycles. The van der Waals surface area contributed by atoms with E-state index in [2.05, 4.69) is 26.6 Å². The van der Waals surface area contributed by atoms with E-state index in [4.69, 9.17) is 0 Å². The van der Waals surface area contributed by atoms with Gasteiger partial charge in [0.2, 0.25) is 0 Å². The fourth-order valence-electron chi connectivity index (χ4n) is 4.72. The molecule has 0 saturated heterocycles. The highest BCUT2D eigenvalue weighted by atomic mass is 19.4. The maximum atomic E-state index is 13.9. The molecule has 1 aliphatic rings. The van der Waals surface area contributed by atoms with E-state index in [9.17, 15) is 28.0 Å². The van der Waals surface area contributed by atoms with Crippen LogP contribution in [0.15, 0.2) is 48.8 Å². The number of aldehydes is 1. The lowest BCUT2D eigenvalue weighted by molar-refractivity contribution is -0.138. The Morgan fingerprint density at radius 2 is 1.84 bits per heavy atom. The number of aryl methyl sites for hydroxylation is 1. The summed E-state index contributed by atoms with van der Waals surface area (Å²) in [6.07, 6.45) is -2.94. The number of rotatable bonds is 7. The van der Waals surface area contributed by atoms with Crippen LogP contribution in [0.5, 0.6) is 0 Å². The zero-order valence-electron chi connectivity index (χ0n) is 24.3. The highest BCUT2D eigenvalue weighted by molar-refractivity contribution is 6.11. The minimum absolute atomic E-state index is 0.113. The average molecular weight is 590 g/mol. The van der Waals surface area contributed by atoms with Gasteiger partial charge in [0.1, 0.15) is 24.2 Å². The Morgan fingerprint density at radius 1 is 1.09 bits per heavy atom. The van der Waals surface area contributed by atoms with Crippen LogP contribution in [0.1, 0.15) is 65.1 Å². The Balaban J connectivity index is 0.00000207. The van der Waals surface area contributed by atoms with Gasteiger partial charge in [-0.25, -0.2) is 4.98 Å². The van der Waals surface area contributed by atoms with Gasteiger partial charge >= 0.3 is 6.18 Å². The number of hydrogen-bond acceptors (Lipinski definition) is 7. The summed E-state index contributed by atoms with van der Waals surface area (Å²) < 4.78 is 43.5. The highest BCUT2D eigenvalue weighted by Gasteiger charge is 2.41. The first-order chi connectivity index (χ1) is 20.5. The molecule has 1 aliphatic heterocycles.